The fourth-order valence-corrected chi connectivity index (χ4v) is 3.63. The van der Waals surface area contributed by atoms with E-state index in [9.17, 15) is 32.7 Å². The molecule has 0 spiro atoms. The molecule has 0 aliphatic carbocycles. The SMILES string of the molecule is CCCCNC(C(=O)NC(Cc1ccccc1)(c1ccccc1)C(F)(F)F)/C(=C/C(=O)O)C(=O)O. The maximum absolute atomic E-state index is 14.8. The molecule has 2 aromatic rings. The van der Waals surface area contributed by atoms with Crippen LogP contribution < -0.4 is 10.6 Å². The molecule has 7 nitrogen and oxygen atoms in total. The molecule has 2 unspecified atom stereocenters. The third-order valence-corrected chi connectivity index (χ3v) is 5.38. The lowest BCUT2D eigenvalue weighted by Gasteiger charge is -2.38. The van der Waals surface area contributed by atoms with Crippen molar-refractivity contribution in [2.45, 2.75) is 43.9 Å². The molecule has 2 atom stereocenters. The Bertz CT molecular complexity index is 1040. The monoisotopic (exact) mass is 492 g/mol. The average Bonchev–Trinajstić information content (AvgIpc) is 2.80. The van der Waals surface area contributed by atoms with E-state index in [1.165, 1.54) is 42.5 Å². The zero-order chi connectivity index (χ0) is 26.1. The van der Waals surface area contributed by atoms with Crippen molar-refractivity contribution in [3.63, 3.8) is 0 Å². The number of carboxylic acid groups (broad SMARTS) is 2. The quantitative estimate of drug-likeness (QED) is 0.266. The van der Waals surface area contributed by atoms with Gasteiger partial charge >= 0.3 is 18.1 Å². The van der Waals surface area contributed by atoms with Crippen LogP contribution in [0.5, 0.6) is 0 Å². The zero-order valence-corrected chi connectivity index (χ0v) is 19.0. The summed E-state index contributed by atoms with van der Waals surface area (Å²) in [5, 5.41) is 23.3. The minimum atomic E-state index is -4.99. The van der Waals surface area contributed by atoms with Crippen LogP contribution >= 0.6 is 0 Å². The first-order valence-electron chi connectivity index (χ1n) is 10.9. The van der Waals surface area contributed by atoms with Gasteiger partial charge in [-0.25, -0.2) is 9.59 Å². The molecule has 4 N–H and O–H groups in total. The molecule has 0 aliphatic rings. The number of carboxylic acids is 2. The van der Waals surface area contributed by atoms with E-state index in [-0.39, 0.29) is 17.7 Å². The highest BCUT2D eigenvalue weighted by Crippen LogP contribution is 2.42. The zero-order valence-electron chi connectivity index (χ0n) is 19.0. The normalized spacial score (nSPS) is 14.6. The number of halogens is 3. The second-order valence-corrected chi connectivity index (χ2v) is 7.90. The van der Waals surface area contributed by atoms with E-state index < -0.39 is 47.6 Å². The second kappa shape index (κ2) is 12.2. The van der Waals surface area contributed by atoms with E-state index in [2.05, 4.69) is 5.32 Å². The Labute approximate surface area is 200 Å². The molecule has 2 aromatic carbocycles. The summed E-state index contributed by atoms with van der Waals surface area (Å²) in [6.07, 6.45) is -4.22. The summed E-state index contributed by atoms with van der Waals surface area (Å²) in [6.45, 7) is 1.91. The first-order valence-corrected chi connectivity index (χ1v) is 10.9. The molecule has 1 amide bonds. The molecule has 0 saturated heterocycles. The lowest BCUT2D eigenvalue weighted by molar-refractivity contribution is -0.203. The van der Waals surface area contributed by atoms with Crippen molar-refractivity contribution < 1.29 is 37.8 Å². The fourth-order valence-electron chi connectivity index (χ4n) is 3.63. The van der Waals surface area contributed by atoms with Gasteiger partial charge in [-0.2, -0.15) is 13.2 Å². The number of benzene rings is 2. The van der Waals surface area contributed by atoms with Gasteiger partial charge in [-0.05, 0) is 24.1 Å². The third kappa shape index (κ3) is 7.16. The Morgan fingerprint density at radius 3 is 2.03 bits per heavy atom. The summed E-state index contributed by atoms with van der Waals surface area (Å²) in [5.41, 5.74) is -3.76. The molecule has 0 heterocycles. The first kappa shape index (κ1) is 27.6. The summed E-state index contributed by atoms with van der Waals surface area (Å²) >= 11 is 0. The highest BCUT2D eigenvalue weighted by molar-refractivity contribution is 6.02. The standard InChI is InChI=1S/C25H27F3N2O5/c1-2-3-14-29-21(19(23(34)35)15-20(31)32)22(33)30-24(25(26,27)28,18-12-8-5-9-13-18)16-17-10-6-4-7-11-17/h4-13,15,21,29H,2-3,14,16H2,1H3,(H,30,33)(H,31,32)(H,34,35)/b19-15-. The van der Waals surface area contributed by atoms with E-state index in [0.717, 1.165) is 0 Å². The largest absolute Gasteiger partial charge is 0.478 e. The van der Waals surface area contributed by atoms with Gasteiger partial charge < -0.3 is 20.8 Å². The van der Waals surface area contributed by atoms with Gasteiger partial charge in [0, 0.05) is 12.5 Å². The molecule has 0 fully saturated rings. The summed E-state index contributed by atoms with van der Waals surface area (Å²) in [6, 6.07) is 12.7. The predicted octanol–water partition coefficient (Wildman–Crippen LogP) is 3.66. The number of carbonyl (C=O) groups is 3. The van der Waals surface area contributed by atoms with Crippen LogP contribution in [-0.4, -0.2) is 46.8 Å². The number of rotatable bonds is 12. The van der Waals surface area contributed by atoms with E-state index in [1.54, 1.807) is 18.2 Å². The summed E-state index contributed by atoms with van der Waals surface area (Å²) in [4.78, 5) is 36.3. The van der Waals surface area contributed by atoms with Crippen LogP contribution in [0, 0.1) is 0 Å². The fraction of sp³-hybridized carbons (Fsp3) is 0.320. The topological polar surface area (TPSA) is 116 Å². The van der Waals surface area contributed by atoms with E-state index in [1.807, 2.05) is 12.2 Å². The highest BCUT2D eigenvalue weighted by atomic mass is 19.4. The molecule has 35 heavy (non-hydrogen) atoms. The van der Waals surface area contributed by atoms with Crippen molar-refractivity contribution in [1.82, 2.24) is 10.6 Å². The van der Waals surface area contributed by atoms with Crippen molar-refractivity contribution in [3.8, 4) is 0 Å². The number of unbranched alkanes of at least 4 members (excludes halogenated alkanes) is 1. The lowest BCUT2D eigenvalue weighted by atomic mass is 9.82. The third-order valence-electron chi connectivity index (χ3n) is 5.38. The number of hydrogen-bond acceptors (Lipinski definition) is 4. The summed E-state index contributed by atoms with van der Waals surface area (Å²) < 4.78 is 44.4. The van der Waals surface area contributed by atoms with Crippen LogP contribution in [0.4, 0.5) is 13.2 Å². The maximum atomic E-state index is 14.8. The van der Waals surface area contributed by atoms with Gasteiger partial charge in [0.15, 0.2) is 5.54 Å². The molecule has 2 rings (SSSR count). The average molecular weight is 492 g/mol. The van der Waals surface area contributed by atoms with Crippen LogP contribution in [0.25, 0.3) is 0 Å². The number of nitrogens with one attached hydrogen (secondary N) is 2. The van der Waals surface area contributed by atoms with Crippen LogP contribution in [0.1, 0.15) is 30.9 Å². The van der Waals surface area contributed by atoms with Gasteiger partial charge in [-0.15, -0.1) is 0 Å². The first-order chi connectivity index (χ1) is 16.5. The van der Waals surface area contributed by atoms with E-state index in [0.29, 0.717) is 18.9 Å². The molecule has 0 bridgehead atoms. The maximum Gasteiger partial charge on any atom is 0.416 e. The predicted molar refractivity (Wildman–Crippen MR) is 123 cm³/mol. The van der Waals surface area contributed by atoms with Crippen LogP contribution in [0.15, 0.2) is 72.3 Å². The number of alkyl halides is 3. The van der Waals surface area contributed by atoms with Gasteiger partial charge in [0.05, 0.1) is 5.57 Å². The smallest absolute Gasteiger partial charge is 0.416 e. The van der Waals surface area contributed by atoms with E-state index >= 15 is 0 Å². The minimum absolute atomic E-state index is 0.0852. The molecule has 0 aliphatic heterocycles. The van der Waals surface area contributed by atoms with Crippen LogP contribution in [-0.2, 0) is 26.3 Å². The molecule has 188 valence electrons. The molecule has 0 radical (unpaired) electrons. The number of aliphatic carboxylic acids is 2. The Morgan fingerprint density at radius 2 is 1.54 bits per heavy atom. The lowest BCUT2D eigenvalue weighted by Crippen LogP contribution is -2.61. The molecule has 10 heteroatoms. The van der Waals surface area contributed by atoms with Crippen LogP contribution in [0.2, 0.25) is 0 Å². The summed E-state index contributed by atoms with van der Waals surface area (Å²) in [5.74, 6) is -4.70. The Kier molecular flexibility index (Phi) is 9.59. The Morgan fingerprint density at radius 1 is 0.971 bits per heavy atom. The van der Waals surface area contributed by atoms with Crippen molar-refractivity contribution in [2.75, 3.05) is 6.54 Å². The van der Waals surface area contributed by atoms with Gasteiger partial charge in [0.1, 0.15) is 6.04 Å². The van der Waals surface area contributed by atoms with E-state index in [4.69, 9.17) is 5.11 Å². The molecular formula is C25H27F3N2O5. The van der Waals surface area contributed by atoms with Gasteiger partial charge in [0.2, 0.25) is 5.91 Å². The molecule has 0 saturated carbocycles. The number of hydrogen-bond donors (Lipinski definition) is 4. The van der Waals surface area contributed by atoms with Crippen molar-refractivity contribution in [3.05, 3.63) is 83.4 Å². The second-order valence-electron chi connectivity index (χ2n) is 7.90. The van der Waals surface area contributed by atoms with Gasteiger partial charge in [-0.3, -0.25) is 4.79 Å². The minimum Gasteiger partial charge on any atom is -0.478 e. The van der Waals surface area contributed by atoms with Crippen LogP contribution in [0.3, 0.4) is 0 Å². The van der Waals surface area contributed by atoms with Crippen molar-refractivity contribution in [1.29, 1.82) is 0 Å². The Balaban J connectivity index is 2.63. The molecule has 0 aromatic heterocycles. The number of amides is 1. The Hall–Kier alpha value is -3.66. The summed E-state index contributed by atoms with van der Waals surface area (Å²) in [7, 11) is 0. The molecular weight excluding hydrogens is 465 g/mol. The van der Waals surface area contributed by atoms with Gasteiger partial charge in [-0.1, -0.05) is 74.0 Å². The van der Waals surface area contributed by atoms with Crippen molar-refractivity contribution in [2.24, 2.45) is 0 Å². The van der Waals surface area contributed by atoms with Gasteiger partial charge in [0.25, 0.3) is 0 Å². The van der Waals surface area contributed by atoms with Crippen molar-refractivity contribution >= 4 is 17.8 Å². The number of carbonyl (C=O) groups excluding carboxylic acids is 1. The highest BCUT2D eigenvalue weighted by Gasteiger charge is 2.57.